The lowest BCUT2D eigenvalue weighted by Crippen LogP contribution is -2.47. The van der Waals surface area contributed by atoms with Gasteiger partial charge < -0.3 is 16.0 Å². The van der Waals surface area contributed by atoms with Crippen LogP contribution in [0.25, 0.3) is 0 Å². The predicted octanol–water partition coefficient (Wildman–Crippen LogP) is 0.117. The molecule has 0 saturated carbocycles. The highest BCUT2D eigenvalue weighted by molar-refractivity contribution is 5.84. The Morgan fingerprint density at radius 1 is 1.33 bits per heavy atom. The maximum absolute atomic E-state index is 12.0. The minimum atomic E-state index is -0.748. The molecule has 2 aromatic rings. The summed E-state index contributed by atoms with van der Waals surface area (Å²) in [5, 5.41) is 2.58. The van der Waals surface area contributed by atoms with Gasteiger partial charge in [-0.1, -0.05) is 30.3 Å². The van der Waals surface area contributed by atoms with Crippen LogP contribution < -0.4 is 11.1 Å². The Labute approximate surface area is 122 Å². The van der Waals surface area contributed by atoms with Gasteiger partial charge in [-0.2, -0.15) is 0 Å². The van der Waals surface area contributed by atoms with Gasteiger partial charge in [0, 0.05) is 12.6 Å². The van der Waals surface area contributed by atoms with Gasteiger partial charge in [-0.15, -0.1) is 0 Å². The maximum atomic E-state index is 12.0. The zero-order chi connectivity index (χ0) is 15.1. The van der Waals surface area contributed by atoms with Crippen LogP contribution in [0.2, 0.25) is 0 Å². The number of rotatable bonds is 7. The maximum Gasteiger partial charge on any atom is 0.237 e. The molecular formula is C15H17N4O2. The number of amides is 1. The molecule has 1 heterocycles. The smallest absolute Gasteiger partial charge is 0.237 e. The first-order valence-electron chi connectivity index (χ1n) is 6.64. The number of hydrogen-bond donors (Lipinski definition) is 3. The lowest BCUT2D eigenvalue weighted by Gasteiger charge is -2.15. The van der Waals surface area contributed by atoms with Gasteiger partial charge in [-0.05, 0) is 12.0 Å². The van der Waals surface area contributed by atoms with E-state index in [4.69, 9.17) is 5.73 Å². The van der Waals surface area contributed by atoms with Crippen LogP contribution in [0.1, 0.15) is 11.3 Å². The van der Waals surface area contributed by atoms with Crippen LogP contribution in [-0.2, 0) is 22.4 Å². The number of nitrogens with zero attached hydrogens (tertiary/aromatic N) is 1. The molecule has 0 fully saturated rings. The van der Waals surface area contributed by atoms with Gasteiger partial charge >= 0.3 is 0 Å². The summed E-state index contributed by atoms with van der Waals surface area (Å²) in [6, 6.07) is 8.03. The molecule has 1 radical (unpaired) electrons. The van der Waals surface area contributed by atoms with Gasteiger partial charge in [0.25, 0.3) is 0 Å². The summed E-state index contributed by atoms with van der Waals surface area (Å²) in [7, 11) is 0. The third-order valence-corrected chi connectivity index (χ3v) is 3.06. The SMILES string of the molecule is N[C@H](Cc1ccccc1)C(=O)N[C@@H]([C]=O)Cc1c[nH]cn1. The van der Waals surface area contributed by atoms with Crippen molar-refractivity contribution in [2.45, 2.75) is 24.9 Å². The first kappa shape index (κ1) is 14.9. The fraction of sp³-hybridized carbons (Fsp3) is 0.267. The van der Waals surface area contributed by atoms with Crippen molar-refractivity contribution in [2.24, 2.45) is 5.73 Å². The van der Waals surface area contributed by atoms with Crippen molar-refractivity contribution in [3.05, 3.63) is 54.1 Å². The van der Waals surface area contributed by atoms with E-state index < -0.39 is 12.1 Å². The molecule has 21 heavy (non-hydrogen) atoms. The van der Waals surface area contributed by atoms with Crippen molar-refractivity contribution < 1.29 is 9.59 Å². The first-order valence-corrected chi connectivity index (χ1v) is 6.64. The van der Waals surface area contributed by atoms with Gasteiger partial charge in [0.15, 0.2) is 0 Å². The second-order valence-corrected chi connectivity index (χ2v) is 4.74. The topological polar surface area (TPSA) is 101 Å². The van der Waals surface area contributed by atoms with Crippen molar-refractivity contribution in [1.29, 1.82) is 0 Å². The van der Waals surface area contributed by atoms with Gasteiger partial charge in [0.1, 0.15) is 6.04 Å². The molecule has 6 nitrogen and oxygen atoms in total. The number of carbonyl (C=O) groups excluding carboxylic acids is 2. The molecule has 1 amide bonds. The lowest BCUT2D eigenvalue weighted by molar-refractivity contribution is -0.122. The van der Waals surface area contributed by atoms with Crippen molar-refractivity contribution in [2.75, 3.05) is 0 Å². The van der Waals surface area contributed by atoms with Crippen LogP contribution in [0, 0.1) is 0 Å². The molecule has 0 unspecified atom stereocenters. The summed E-state index contributed by atoms with van der Waals surface area (Å²) in [6.45, 7) is 0. The highest BCUT2D eigenvalue weighted by Gasteiger charge is 2.19. The molecule has 0 saturated heterocycles. The normalized spacial score (nSPS) is 13.4. The Kier molecular flexibility index (Phi) is 5.22. The molecule has 0 bridgehead atoms. The molecular weight excluding hydrogens is 268 g/mol. The fourth-order valence-electron chi connectivity index (χ4n) is 1.97. The molecule has 2 atom stereocenters. The highest BCUT2D eigenvalue weighted by Crippen LogP contribution is 2.03. The van der Waals surface area contributed by atoms with E-state index in [-0.39, 0.29) is 12.3 Å². The largest absolute Gasteiger partial charge is 0.351 e. The van der Waals surface area contributed by atoms with Crippen LogP contribution in [0.15, 0.2) is 42.9 Å². The van der Waals surface area contributed by atoms with E-state index in [1.54, 1.807) is 12.5 Å². The zero-order valence-electron chi connectivity index (χ0n) is 11.5. The third kappa shape index (κ3) is 4.54. The molecule has 0 aliphatic carbocycles. The van der Waals surface area contributed by atoms with E-state index >= 15 is 0 Å². The third-order valence-electron chi connectivity index (χ3n) is 3.06. The lowest BCUT2D eigenvalue weighted by atomic mass is 10.1. The van der Waals surface area contributed by atoms with E-state index in [9.17, 15) is 9.59 Å². The van der Waals surface area contributed by atoms with Crippen molar-refractivity contribution in [1.82, 2.24) is 15.3 Å². The Morgan fingerprint density at radius 3 is 2.71 bits per heavy atom. The Bertz CT molecular complexity index is 569. The van der Waals surface area contributed by atoms with Crippen molar-refractivity contribution >= 4 is 12.2 Å². The Balaban J connectivity index is 1.88. The number of benzene rings is 1. The molecule has 0 aliphatic rings. The average molecular weight is 285 g/mol. The van der Waals surface area contributed by atoms with Crippen LogP contribution in [0.5, 0.6) is 0 Å². The summed E-state index contributed by atoms with van der Waals surface area (Å²) in [5.41, 5.74) is 7.51. The number of nitrogens with two attached hydrogens (primary N) is 1. The number of aromatic amines is 1. The predicted molar refractivity (Wildman–Crippen MR) is 78.0 cm³/mol. The van der Waals surface area contributed by atoms with Crippen LogP contribution >= 0.6 is 0 Å². The second-order valence-electron chi connectivity index (χ2n) is 4.74. The summed E-state index contributed by atoms with van der Waals surface area (Å²) in [5.74, 6) is -0.372. The first-order chi connectivity index (χ1) is 10.2. The fourth-order valence-corrected chi connectivity index (χ4v) is 1.97. The molecule has 1 aromatic heterocycles. The van der Waals surface area contributed by atoms with Gasteiger partial charge in [-0.25, -0.2) is 4.98 Å². The number of imidazole rings is 1. The number of nitrogens with one attached hydrogen (secondary N) is 2. The van der Waals surface area contributed by atoms with E-state index in [0.717, 1.165) is 5.56 Å². The summed E-state index contributed by atoms with van der Waals surface area (Å²) in [6.07, 6.45) is 5.69. The molecule has 6 heteroatoms. The number of carbonyl (C=O) groups is 1. The van der Waals surface area contributed by atoms with Gasteiger partial charge in [-0.3, -0.25) is 9.59 Å². The van der Waals surface area contributed by atoms with Crippen molar-refractivity contribution in [3.63, 3.8) is 0 Å². The number of aromatic nitrogens is 2. The Morgan fingerprint density at radius 2 is 2.10 bits per heavy atom. The molecule has 0 aliphatic heterocycles. The zero-order valence-corrected chi connectivity index (χ0v) is 11.5. The van der Waals surface area contributed by atoms with Crippen LogP contribution in [0.3, 0.4) is 0 Å². The van der Waals surface area contributed by atoms with Crippen LogP contribution in [-0.4, -0.2) is 34.2 Å². The minimum Gasteiger partial charge on any atom is -0.351 e. The number of H-pyrrole nitrogens is 1. The van der Waals surface area contributed by atoms with E-state index in [1.807, 2.05) is 30.3 Å². The van der Waals surface area contributed by atoms with E-state index in [2.05, 4.69) is 15.3 Å². The highest BCUT2D eigenvalue weighted by atomic mass is 16.2. The quantitative estimate of drug-likeness (QED) is 0.672. The summed E-state index contributed by atoms with van der Waals surface area (Å²) >= 11 is 0. The Hall–Kier alpha value is -2.47. The van der Waals surface area contributed by atoms with Gasteiger partial charge in [0.2, 0.25) is 12.2 Å². The number of hydrogen-bond acceptors (Lipinski definition) is 4. The summed E-state index contributed by atoms with van der Waals surface area (Å²) in [4.78, 5) is 29.7. The molecule has 2 rings (SSSR count). The van der Waals surface area contributed by atoms with E-state index in [0.29, 0.717) is 12.1 Å². The second kappa shape index (κ2) is 7.35. The van der Waals surface area contributed by atoms with E-state index in [1.165, 1.54) is 6.33 Å². The minimum absolute atomic E-state index is 0.288. The van der Waals surface area contributed by atoms with Gasteiger partial charge in [0.05, 0.1) is 18.1 Å². The van der Waals surface area contributed by atoms with Crippen LogP contribution in [0.4, 0.5) is 0 Å². The average Bonchev–Trinajstić information content (AvgIpc) is 3.00. The monoisotopic (exact) mass is 285 g/mol. The molecule has 109 valence electrons. The summed E-state index contributed by atoms with van der Waals surface area (Å²) < 4.78 is 0. The molecule has 1 aromatic carbocycles. The standard InChI is InChI=1S/C15H17N4O2/c16-14(6-11-4-2-1-3-5-11)15(21)19-13(9-20)7-12-8-17-10-18-12/h1-5,8,10,13-14H,6-7,16H2,(H,17,18)(H,19,21)/t13-,14-/m1/s1. The molecule has 4 N–H and O–H groups in total. The molecule has 0 spiro atoms. The van der Waals surface area contributed by atoms with Crippen molar-refractivity contribution in [3.8, 4) is 0 Å².